The number of hydrogen-bond donors (Lipinski definition) is 0. The number of hydrogen-bond acceptors (Lipinski definition) is 4. The van der Waals surface area contributed by atoms with Crippen LogP contribution in [0.1, 0.15) is 40.0 Å². The maximum absolute atomic E-state index is 12.8. The minimum Gasteiger partial charge on any atom is -0.497 e. The first-order chi connectivity index (χ1) is 13.4. The highest BCUT2D eigenvalue weighted by molar-refractivity contribution is 6.36. The van der Waals surface area contributed by atoms with E-state index in [4.69, 9.17) is 32.7 Å². The van der Waals surface area contributed by atoms with E-state index in [-0.39, 0.29) is 11.7 Å². The van der Waals surface area contributed by atoms with Crippen molar-refractivity contribution in [2.24, 2.45) is 0 Å². The topological polar surface area (TPSA) is 55.8 Å². The summed E-state index contributed by atoms with van der Waals surface area (Å²) in [5.74, 6) is 1.12. The third-order valence-corrected chi connectivity index (χ3v) is 5.97. The molecule has 28 heavy (non-hydrogen) atoms. The summed E-state index contributed by atoms with van der Waals surface area (Å²) < 4.78 is 11.5. The largest absolute Gasteiger partial charge is 0.497 e. The first kappa shape index (κ1) is 19.1. The number of amides is 1. The number of nitrogens with zero attached hydrogens (tertiary/aromatic N) is 1. The Morgan fingerprint density at radius 2 is 1.89 bits per heavy atom. The lowest BCUT2D eigenvalue weighted by atomic mass is 9.82. The Morgan fingerprint density at radius 1 is 1.14 bits per heavy atom. The average Bonchev–Trinajstić information content (AvgIpc) is 2.67. The summed E-state index contributed by atoms with van der Waals surface area (Å²) in [4.78, 5) is 27.2. The molecule has 0 aliphatic carbocycles. The Bertz CT molecular complexity index is 951. The third kappa shape index (κ3) is 3.45. The van der Waals surface area contributed by atoms with E-state index < -0.39 is 5.60 Å². The number of likely N-dealkylation sites (tertiary alicyclic amines) is 1. The van der Waals surface area contributed by atoms with E-state index >= 15 is 0 Å². The van der Waals surface area contributed by atoms with E-state index in [0.29, 0.717) is 65.0 Å². The molecular formula is C21H19Cl2NO4. The number of fused-ring (bicyclic) bond motifs is 1. The van der Waals surface area contributed by atoms with Crippen LogP contribution in [-0.4, -0.2) is 42.4 Å². The number of carbonyl (C=O) groups is 2. The monoisotopic (exact) mass is 419 g/mol. The number of carbonyl (C=O) groups excluding carboxylic acids is 2. The maximum Gasteiger partial charge on any atom is 0.255 e. The van der Waals surface area contributed by atoms with Crippen LogP contribution in [0, 0.1) is 0 Å². The molecule has 0 unspecified atom stereocenters. The predicted molar refractivity (Wildman–Crippen MR) is 107 cm³/mol. The Balaban J connectivity index is 1.50. The van der Waals surface area contributed by atoms with Crippen molar-refractivity contribution < 1.29 is 19.1 Å². The van der Waals surface area contributed by atoms with E-state index in [9.17, 15) is 9.59 Å². The van der Waals surface area contributed by atoms with E-state index in [2.05, 4.69) is 0 Å². The second-order valence-electron chi connectivity index (χ2n) is 7.16. The standard InChI is InChI=1S/C21H19Cl2NO4/c1-27-14-3-5-16-18(25)12-21(28-19(16)11-14)6-8-24(9-7-21)20(26)15-4-2-13(22)10-17(15)23/h2-5,10-11H,6-9,12H2,1H3. The molecule has 2 aliphatic heterocycles. The number of benzene rings is 2. The Kier molecular flexibility index (Phi) is 4.98. The quantitative estimate of drug-likeness (QED) is 0.710. The number of Topliss-reactive ketones (excluding diaryl/α,β-unsaturated/α-hetero) is 1. The van der Waals surface area contributed by atoms with Gasteiger partial charge in [0.2, 0.25) is 0 Å². The zero-order chi connectivity index (χ0) is 19.9. The lowest BCUT2D eigenvalue weighted by Gasteiger charge is -2.44. The molecule has 2 aromatic carbocycles. The Morgan fingerprint density at radius 3 is 2.57 bits per heavy atom. The second kappa shape index (κ2) is 7.30. The van der Waals surface area contributed by atoms with Crippen molar-refractivity contribution >= 4 is 34.9 Å². The summed E-state index contributed by atoms with van der Waals surface area (Å²) in [6.07, 6.45) is 1.47. The minimum atomic E-state index is -0.586. The fraction of sp³-hybridized carbons (Fsp3) is 0.333. The number of rotatable bonds is 2. The van der Waals surface area contributed by atoms with Gasteiger partial charge in [-0.1, -0.05) is 23.2 Å². The molecule has 5 nitrogen and oxygen atoms in total. The molecule has 2 heterocycles. The molecule has 2 aromatic rings. The number of ether oxygens (including phenoxy) is 2. The normalized spacial score (nSPS) is 17.8. The van der Waals surface area contributed by atoms with Gasteiger partial charge in [-0.15, -0.1) is 0 Å². The van der Waals surface area contributed by atoms with Crippen LogP contribution in [0.4, 0.5) is 0 Å². The van der Waals surface area contributed by atoms with Gasteiger partial charge in [0.25, 0.3) is 5.91 Å². The first-order valence-corrected chi connectivity index (χ1v) is 9.81. The average molecular weight is 420 g/mol. The van der Waals surface area contributed by atoms with Crippen molar-refractivity contribution in [3.8, 4) is 11.5 Å². The van der Waals surface area contributed by atoms with Gasteiger partial charge in [-0.2, -0.15) is 0 Å². The maximum atomic E-state index is 12.8. The summed E-state index contributed by atoms with van der Waals surface area (Å²) in [6.45, 7) is 0.981. The van der Waals surface area contributed by atoms with Crippen molar-refractivity contribution in [2.75, 3.05) is 20.2 Å². The first-order valence-electron chi connectivity index (χ1n) is 9.05. The second-order valence-corrected chi connectivity index (χ2v) is 8.01. The van der Waals surface area contributed by atoms with Crippen LogP contribution < -0.4 is 9.47 Å². The lowest BCUT2D eigenvalue weighted by molar-refractivity contribution is -0.00580. The molecule has 1 saturated heterocycles. The lowest BCUT2D eigenvalue weighted by Crippen LogP contribution is -2.52. The highest BCUT2D eigenvalue weighted by Crippen LogP contribution is 2.41. The van der Waals surface area contributed by atoms with E-state index in [0.717, 1.165) is 0 Å². The van der Waals surface area contributed by atoms with Crippen molar-refractivity contribution in [3.05, 3.63) is 57.6 Å². The van der Waals surface area contributed by atoms with Gasteiger partial charge in [0.1, 0.15) is 17.1 Å². The number of halogens is 2. The van der Waals surface area contributed by atoms with Crippen LogP contribution in [0.25, 0.3) is 0 Å². The molecule has 0 radical (unpaired) electrons. The molecule has 0 aromatic heterocycles. The number of piperidine rings is 1. The van der Waals surface area contributed by atoms with Gasteiger partial charge in [-0.3, -0.25) is 9.59 Å². The summed E-state index contributed by atoms with van der Waals surface area (Å²) in [5.41, 5.74) is 0.424. The van der Waals surface area contributed by atoms with Crippen LogP contribution >= 0.6 is 23.2 Å². The Hall–Kier alpha value is -2.24. The van der Waals surface area contributed by atoms with Crippen molar-refractivity contribution in [3.63, 3.8) is 0 Å². The molecule has 4 rings (SSSR count). The molecule has 0 N–H and O–H groups in total. The Labute approximate surface area is 173 Å². The smallest absolute Gasteiger partial charge is 0.255 e. The highest BCUT2D eigenvalue weighted by atomic mass is 35.5. The molecule has 0 atom stereocenters. The highest BCUT2D eigenvalue weighted by Gasteiger charge is 2.44. The van der Waals surface area contributed by atoms with Gasteiger partial charge in [0.05, 0.1) is 29.7 Å². The molecular weight excluding hydrogens is 401 g/mol. The van der Waals surface area contributed by atoms with E-state index in [1.54, 1.807) is 48.4 Å². The SMILES string of the molecule is COc1ccc2c(c1)OC1(CCN(C(=O)c3ccc(Cl)cc3Cl)CC1)CC2=O. The van der Waals surface area contributed by atoms with Crippen molar-refractivity contribution in [2.45, 2.75) is 24.9 Å². The van der Waals surface area contributed by atoms with E-state index in [1.165, 1.54) is 0 Å². The van der Waals surface area contributed by atoms with Crippen molar-refractivity contribution in [1.82, 2.24) is 4.90 Å². The van der Waals surface area contributed by atoms with Crippen LogP contribution in [0.5, 0.6) is 11.5 Å². The van der Waals surface area contributed by atoms with Gasteiger partial charge < -0.3 is 14.4 Å². The molecule has 1 spiro atoms. The number of ketones is 1. The van der Waals surface area contributed by atoms with Crippen LogP contribution in [0.3, 0.4) is 0 Å². The zero-order valence-electron chi connectivity index (χ0n) is 15.3. The van der Waals surface area contributed by atoms with Gasteiger partial charge in [-0.05, 0) is 30.3 Å². The molecule has 1 fully saturated rings. The van der Waals surface area contributed by atoms with Crippen LogP contribution in [0.15, 0.2) is 36.4 Å². The third-order valence-electron chi connectivity index (χ3n) is 5.42. The molecule has 2 aliphatic rings. The summed E-state index contributed by atoms with van der Waals surface area (Å²) >= 11 is 12.1. The molecule has 7 heteroatoms. The molecule has 1 amide bonds. The van der Waals surface area contributed by atoms with Crippen LogP contribution in [0.2, 0.25) is 10.0 Å². The summed E-state index contributed by atoms with van der Waals surface area (Å²) in [7, 11) is 1.58. The summed E-state index contributed by atoms with van der Waals surface area (Å²) in [5, 5.41) is 0.824. The fourth-order valence-corrected chi connectivity index (χ4v) is 4.32. The fourth-order valence-electron chi connectivity index (χ4n) is 3.83. The van der Waals surface area contributed by atoms with Gasteiger partial charge in [-0.25, -0.2) is 0 Å². The predicted octanol–water partition coefficient (Wildman–Crippen LogP) is 4.64. The molecule has 0 bridgehead atoms. The zero-order valence-corrected chi connectivity index (χ0v) is 16.8. The van der Waals surface area contributed by atoms with Gasteiger partial charge in [0.15, 0.2) is 5.78 Å². The van der Waals surface area contributed by atoms with E-state index in [1.807, 2.05) is 0 Å². The van der Waals surface area contributed by atoms with Gasteiger partial charge >= 0.3 is 0 Å². The molecule has 0 saturated carbocycles. The van der Waals surface area contributed by atoms with Crippen LogP contribution in [-0.2, 0) is 0 Å². The summed E-state index contributed by atoms with van der Waals surface area (Å²) in [6, 6.07) is 10.1. The number of methoxy groups -OCH3 is 1. The molecule has 146 valence electrons. The van der Waals surface area contributed by atoms with Gasteiger partial charge in [0, 0.05) is 37.0 Å². The van der Waals surface area contributed by atoms with Crippen molar-refractivity contribution in [1.29, 1.82) is 0 Å². The minimum absolute atomic E-state index is 0.0597.